The Balaban J connectivity index is 2.15. The molecule has 2 aromatic carbocycles. The zero-order valence-corrected chi connectivity index (χ0v) is 11.8. The molecule has 1 heterocycles. The summed E-state index contributed by atoms with van der Waals surface area (Å²) in [5.41, 5.74) is 2.68. The Labute approximate surface area is 121 Å². The maximum absolute atomic E-state index is 13.5. The first-order chi connectivity index (χ1) is 9.65. The van der Waals surface area contributed by atoms with Crippen LogP contribution in [0.25, 0.3) is 11.0 Å². The molecule has 1 atom stereocenters. The third-order valence-corrected chi connectivity index (χ3v) is 3.47. The van der Waals surface area contributed by atoms with Crippen LogP contribution in [0.3, 0.4) is 0 Å². The second-order valence-electron chi connectivity index (χ2n) is 4.79. The van der Waals surface area contributed by atoms with E-state index < -0.39 is 0 Å². The van der Waals surface area contributed by atoms with Crippen LogP contribution in [-0.4, -0.2) is 9.55 Å². The summed E-state index contributed by atoms with van der Waals surface area (Å²) in [4.78, 5) is 4.51. The first-order valence-corrected chi connectivity index (χ1v) is 6.92. The molecule has 0 aliphatic heterocycles. The lowest BCUT2D eigenvalue weighted by Crippen LogP contribution is -2.05. The molecule has 0 bridgehead atoms. The van der Waals surface area contributed by atoms with Crippen LogP contribution in [0.4, 0.5) is 4.39 Å². The fourth-order valence-corrected chi connectivity index (χ4v) is 2.52. The maximum Gasteiger partial charge on any atom is 0.128 e. The zero-order chi connectivity index (χ0) is 14.1. The Bertz CT molecular complexity index is 735. The molecule has 3 aromatic rings. The molecule has 0 amide bonds. The molecule has 102 valence electrons. The van der Waals surface area contributed by atoms with Crippen molar-refractivity contribution in [1.82, 2.24) is 9.55 Å². The third kappa shape index (κ3) is 2.41. The lowest BCUT2D eigenvalue weighted by Gasteiger charge is -2.10. The second-order valence-corrected chi connectivity index (χ2v) is 5.45. The van der Waals surface area contributed by atoms with Gasteiger partial charge in [-0.3, -0.25) is 0 Å². The van der Waals surface area contributed by atoms with Crippen LogP contribution in [0.15, 0.2) is 48.5 Å². The molecule has 3 rings (SSSR count). The second kappa shape index (κ2) is 5.25. The van der Waals surface area contributed by atoms with Crippen molar-refractivity contribution in [1.29, 1.82) is 0 Å². The van der Waals surface area contributed by atoms with Gasteiger partial charge in [-0.2, -0.15) is 0 Å². The Kier molecular flexibility index (Phi) is 3.45. The van der Waals surface area contributed by atoms with E-state index in [1.165, 1.54) is 12.1 Å². The van der Waals surface area contributed by atoms with Crippen LogP contribution in [-0.2, 0) is 6.54 Å². The zero-order valence-electron chi connectivity index (χ0n) is 11.1. The fraction of sp³-hybridized carbons (Fsp3) is 0.188. The fourth-order valence-electron chi connectivity index (χ4n) is 2.35. The van der Waals surface area contributed by atoms with Crippen molar-refractivity contribution in [2.75, 3.05) is 0 Å². The smallest absolute Gasteiger partial charge is 0.128 e. The van der Waals surface area contributed by atoms with Gasteiger partial charge in [-0.05, 0) is 30.7 Å². The van der Waals surface area contributed by atoms with E-state index in [9.17, 15) is 4.39 Å². The number of fused-ring (bicyclic) bond motifs is 1. The summed E-state index contributed by atoms with van der Waals surface area (Å²) in [5, 5.41) is -0.228. The van der Waals surface area contributed by atoms with Gasteiger partial charge in [0.25, 0.3) is 0 Å². The SMILES string of the molecule is CC(Cl)c1nc2ccc(F)cc2n1Cc1ccccc1. The van der Waals surface area contributed by atoms with Crippen molar-refractivity contribution >= 4 is 22.6 Å². The van der Waals surface area contributed by atoms with Crippen molar-refractivity contribution in [2.24, 2.45) is 0 Å². The molecule has 4 heteroatoms. The van der Waals surface area contributed by atoms with E-state index in [0.717, 1.165) is 22.4 Å². The van der Waals surface area contributed by atoms with E-state index >= 15 is 0 Å². The summed E-state index contributed by atoms with van der Waals surface area (Å²) in [6.45, 7) is 2.51. The molecule has 1 unspecified atom stereocenters. The minimum Gasteiger partial charge on any atom is -0.322 e. The van der Waals surface area contributed by atoms with Gasteiger partial charge in [0.2, 0.25) is 0 Å². The molecule has 0 saturated carbocycles. The van der Waals surface area contributed by atoms with Gasteiger partial charge in [-0.15, -0.1) is 11.6 Å². The number of aromatic nitrogens is 2. The first-order valence-electron chi connectivity index (χ1n) is 6.49. The molecule has 0 aliphatic rings. The highest BCUT2D eigenvalue weighted by Crippen LogP contribution is 2.26. The molecular weight excluding hydrogens is 275 g/mol. The minimum atomic E-state index is -0.263. The van der Waals surface area contributed by atoms with Gasteiger partial charge in [0, 0.05) is 6.54 Å². The van der Waals surface area contributed by atoms with E-state index in [-0.39, 0.29) is 11.2 Å². The summed E-state index contributed by atoms with van der Waals surface area (Å²) in [5.74, 6) is 0.497. The summed E-state index contributed by atoms with van der Waals surface area (Å²) < 4.78 is 15.5. The molecular formula is C16H14ClFN2. The van der Waals surface area contributed by atoms with Crippen molar-refractivity contribution in [3.05, 3.63) is 65.7 Å². The van der Waals surface area contributed by atoms with Gasteiger partial charge >= 0.3 is 0 Å². The van der Waals surface area contributed by atoms with Crippen LogP contribution in [0.5, 0.6) is 0 Å². The first kappa shape index (κ1) is 13.1. The number of alkyl halides is 1. The van der Waals surface area contributed by atoms with Crippen molar-refractivity contribution < 1.29 is 4.39 Å². The highest BCUT2D eigenvalue weighted by atomic mass is 35.5. The number of hydrogen-bond acceptors (Lipinski definition) is 1. The van der Waals surface area contributed by atoms with Gasteiger partial charge < -0.3 is 4.57 Å². The summed E-state index contributed by atoms with van der Waals surface area (Å²) >= 11 is 6.21. The van der Waals surface area contributed by atoms with Gasteiger partial charge in [0.05, 0.1) is 16.4 Å². The standard InChI is InChI=1S/C16H14ClFN2/c1-11(17)16-19-14-8-7-13(18)9-15(14)20(16)10-12-5-3-2-4-6-12/h2-9,11H,10H2,1H3. The summed E-state index contributed by atoms with van der Waals surface area (Å²) in [6.07, 6.45) is 0. The quantitative estimate of drug-likeness (QED) is 0.648. The number of imidazole rings is 1. The van der Waals surface area contributed by atoms with Gasteiger partial charge in [0.1, 0.15) is 11.6 Å². The van der Waals surface area contributed by atoms with Crippen molar-refractivity contribution in [2.45, 2.75) is 18.8 Å². The lowest BCUT2D eigenvalue weighted by molar-refractivity contribution is 0.628. The molecule has 0 radical (unpaired) electrons. The minimum absolute atomic E-state index is 0.228. The lowest BCUT2D eigenvalue weighted by atomic mass is 10.2. The Hall–Kier alpha value is -1.87. The number of nitrogens with zero attached hydrogens (tertiary/aromatic N) is 2. The van der Waals surface area contributed by atoms with E-state index in [2.05, 4.69) is 4.98 Å². The average Bonchev–Trinajstić information content (AvgIpc) is 2.78. The van der Waals surface area contributed by atoms with Crippen LogP contribution in [0, 0.1) is 5.82 Å². The van der Waals surface area contributed by atoms with E-state index in [4.69, 9.17) is 11.6 Å². The molecule has 0 saturated heterocycles. The molecule has 0 N–H and O–H groups in total. The highest BCUT2D eigenvalue weighted by Gasteiger charge is 2.15. The summed E-state index contributed by atoms with van der Waals surface area (Å²) in [7, 11) is 0. The monoisotopic (exact) mass is 288 g/mol. The topological polar surface area (TPSA) is 17.8 Å². The van der Waals surface area contributed by atoms with Crippen molar-refractivity contribution in [3.63, 3.8) is 0 Å². The van der Waals surface area contributed by atoms with E-state index in [0.29, 0.717) is 6.54 Å². The number of rotatable bonds is 3. The van der Waals surface area contributed by atoms with E-state index in [1.54, 1.807) is 6.07 Å². The maximum atomic E-state index is 13.5. The highest BCUT2D eigenvalue weighted by molar-refractivity contribution is 6.20. The van der Waals surface area contributed by atoms with Gasteiger partial charge in [-0.1, -0.05) is 30.3 Å². The van der Waals surface area contributed by atoms with Crippen LogP contribution in [0.2, 0.25) is 0 Å². The molecule has 20 heavy (non-hydrogen) atoms. The number of halogens is 2. The van der Waals surface area contributed by atoms with Crippen LogP contribution >= 0.6 is 11.6 Å². The Morgan fingerprint density at radius 3 is 2.65 bits per heavy atom. The molecule has 0 aliphatic carbocycles. The predicted molar refractivity (Wildman–Crippen MR) is 79.5 cm³/mol. The Morgan fingerprint density at radius 2 is 1.95 bits per heavy atom. The number of benzene rings is 2. The number of hydrogen-bond donors (Lipinski definition) is 0. The molecule has 0 spiro atoms. The largest absolute Gasteiger partial charge is 0.322 e. The van der Waals surface area contributed by atoms with Gasteiger partial charge in [0.15, 0.2) is 0 Å². The normalized spacial score (nSPS) is 12.8. The van der Waals surface area contributed by atoms with Crippen LogP contribution in [0.1, 0.15) is 23.7 Å². The molecule has 2 nitrogen and oxygen atoms in total. The molecule has 1 aromatic heterocycles. The average molecular weight is 289 g/mol. The Morgan fingerprint density at radius 1 is 1.20 bits per heavy atom. The molecule has 0 fully saturated rings. The van der Waals surface area contributed by atoms with Crippen LogP contribution < -0.4 is 0 Å². The van der Waals surface area contributed by atoms with Gasteiger partial charge in [-0.25, -0.2) is 9.37 Å². The van der Waals surface area contributed by atoms with E-state index in [1.807, 2.05) is 41.8 Å². The summed E-state index contributed by atoms with van der Waals surface area (Å²) in [6, 6.07) is 14.6. The third-order valence-electron chi connectivity index (χ3n) is 3.28. The van der Waals surface area contributed by atoms with Crippen molar-refractivity contribution in [3.8, 4) is 0 Å². The predicted octanol–water partition coefficient (Wildman–Crippen LogP) is 4.52.